The van der Waals surface area contributed by atoms with Gasteiger partial charge in [-0.25, -0.2) is 0 Å². The Kier molecular flexibility index (Phi) is 5.64. The van der Waals surface area contributed by atoms with Crippen LogP contribution in [0.3, 0.4) is 0 Å². The highest BCUT2D eigenvalue weighted by Gasteiger charge is 2.35. The number of nitrogens with zero attached hydrogens (tertiary/aromatic N) is 3. The van der Waals surface area contributed by atoms with Crippen molar-refractivity contribution < 1.29 is 9.32 Å². The number of rotatable bonds is 4. The molecule has 0 unspecified atom stereocenters. The molecule has 2 atom stereocenters. The number of carbonyl (C=O) groups is 1. The van der Waals surface area contributed by atoms with Crippen molar-refractivity contribution in [3.05, 3.63) is 71.1 Å². The molecule has 4 rings (SSSR count). The van der Waals surface area contributed by atoms with Crippen LogP contribution in [0.5, 0.6) is 0 Å². The molecule has 0 saturated carbocycles. The summed E-state index contributed by atoms with van der Waals surface area (Å²) < 4.78 is 5.52. The quantitative estimate of drug-likeness (QED) is 0.533. The third-order valence-electron chi connectivity index (χ3n) is 4.90. The summed E-state index contributed by atoms with van der Waals surface area (Å²) in [6.07, 6.45) is 2.68. The zero-order valence-corrected chi connectivity index (χ0v) is 16.6. The molecular formula is C21H19Cl2N3O2. The first-order valence-corrected chi connectivity index (χ1v) is 10.0. The maximum absolute atomic E-state index is 13.1. The molecule has 0 radical (unpaired) electrons. The highest BCUT2D eigenvalue weighted by atomic mass is 35.5. The predicted octanol–water partition coefficient (Wildman–Crippen LogP) is 5.42. The number of likely N-dealkylation sites (tertiary alicyclic amines) is 1. The van der Waals surface area contributed by atoms with Gasteiger partial charge in [0.05, 0.1) is 0 Å². The van der Waals surface area contributed by atoms with E-state index in [9.17, 15) is 4.79 Å². The molecule has 1 amide bonds. The molecule has 1 aliphatic rings. The summed E-state index contributed by atoms with van der Waals surface area (Å²) in [7, 11) is 0. The van der Waals surface area contributed by atoms with Crippen molar-refractivity contribution in [2.45, 2.75) is 30.7 Å². The number of benzene rings is 2. The predicted molar refractivity (Wildman–Crippen MR) is 108 cm³/mol. The van der Waals surface area contributed by atoms with Gasteiger partial charge in [-0.05, 0) is 37.0 Å². The summed E-state index contributed by atoms with van der Waals surface area (Å²) >= 11 is 12.5. The zero-order chi connectivity index (χ0) is 19.5. The lowest BCUT2D eigenvalue weighted by molar-refractivity contribution is -0.135. The molecule has 2 heterocycles. The second kappa shape index (κ2) is 8.33. The first kappa shape index (κ1) is 19.0. The van der Waals surface area contributed by atoms with Gasteiger partial charge in [-0.2, -0.15) is 4.98 Å². The lowest BCUT2D eigenvalue weighted by atomic mass is 10.0. The Labute approximate surface area is 173 Å². The Morgan fingerprint density at radius 1 is 1.14 bits per heavy atom. The van der Waals surface area contributed by atoms with Crippen LogP contribution >= 0.6 is 23.2 Å². The van der Waals surface area contributed by atoms with E-state index in [1.165, 1.54) is 0 Å². The number of piperidine rings is 1. The van der Waals surface area contributed by atoms with Crippen LogP contribution in [0.1, 0.15) is 42.1 Å². The zero-order valence-electron chi connectivity index (χ0n) is 15.1. The molecule has 0 N–H and O–H groups in total. The minimum atomic E-state index is -0.739. The highest BCUT2D eigenvalue weighted by Crippen LogP contribution is 2.35. The molecule has 2 aromatic carbocycles. The second-order valence-electron chi connectivity index (χ2n) is 6.78. The third kappa shape index (κ3) is 3.91. The molecule has 5 nitrogen and oxygen atoms in total. The average Bonchev–Trinajstić information content (AvgIpc) is 3.23. The van der Waals surface area contributed by atoms with E-state index < -0.39 is 5.38 Å². The molecule has 3 aromatic rings. The number of alkyl halides is 1. The maximum atomic E-state index is 13.1. The number of hydrogen-bond acceptors (Lipinski definition) is 4. The van der Waals surface area contributed by atoms with Crippen LogP contribution in [0.2, 0.25) is 5.02 Å². The molecule has 7 heteroatoms. The number of carbonyl (C=O) groups excluding carboxylic acids is 1. The van der Waals surface area contributed by atoms with Gasteiger partial charge in [0.25, 0.3) is 0 Å². The van der Waals surface area contributed by atoms with E-state index in [1.807, 2.05) is 42.5 Å². The number of halogens is 2. The van der Waals surface area contributed by atoms with Gasteiger partial charge in [-0.15, -0.1) is 11.6 Å². The lowest BCUT2D eigenvalue weighted by Crippen LogP contribution is -2.40. The van der Waals surface area contributed by atoms with Gasteiger partial charge in [0.15, 0.2) is 0 Å². The fourth-order valence-corrected chi connectivity index (χ4v) is 3.94. The van der Waals surface area contributed by atoms with Gasteiger partial charge in [-0.1, -0.05) is 59.2 Å². The molecule has 1 saturated heterocycles. The topological polar surface area (TPSA) is 59.2 Å². The smallest absolute Gasteiger partial charge is 0.249 e. The van der Waals surface area contributed by atoms with Gasteiger partial charge in [-0.3, -0.25) is 4.79 Å². The largest absolute Gasteiger partial charge is 0.337 e. The molecule has 144 valence electrons. The van der Waals surface area contributed by atoms with E-state index in [-0.39, 0.29) is 11.9 Å². The van der Waals surface area contributed by atoms with Gasteiger partial charge in [0.1, 0.15) is 11.4 Å². The monoisotopic (exact) mass is 415 g/mol. The van der Waals surface area contributed by atoms with E-state index in [2.05, 4.69) is 10.1 Å². The van der Waals surface area contributed by atoms with Crippen molar-refractivity contribution >= 4 is 29.1 Å². The van der Waals surface area contributed by atoms with E-state index in [1.54, 1.807) is 17.0 Å². The molecule has 1 aromatic heterocycles. The Bertz CT molecular complexity index is 961. The number of hydrogen-bond donors (Lipinski definition) is 0. The Morgan fingerprint density at radius 2 is 1.96 bits per heavy atom. The molecule has 1 aliphatic heterocycles. The van der Waals surface area contributed by atoms with Crippen LogP contribution in [0, 0.1) is 0 Å². The van der Waals surface area contributed by atoms with Crippen molar-refractivity contribution in [3.63, 3.8) is 0 Å². The summed E-state index contributed by atoms with van der Waals surface area (Å²) in [5, 5.41) is 3.95. The van der Waals surface area contributed by atoms with Crippen molar-refractivity contribution in [2.75, 3.05) is 6.54 Å². The maximum Gasteiger partial charge on any atom is 0.249 e. The SMILES string of the molecule is O=C([C@@H](Cl)c1ccccc1)N1CCCC[C@H]1c1nc(-c2cccc(Cl)c2)no1. The summed E-state index contributed by atoms with van der Waals surface area (Å²) in [6, 6.07) is 16.4. The fourth-order valence-electron chi connectivity index (χ4n) is 3.48. The van der Waals surface area contributed by atoms with E-state index in [0.29, 0.717) is 23.3 Å². The second-order valence-corrected chi connectivity index (χ2v) is 7.66. The minimum absolute atomic E-state index is 0.139. The van der Waals surface area contributed by atoms with Crippen LogP contribution in [0.25, 0.3) is 11.4 Å². The highest BCUT2D eigenvalue weighted by molar-refractivity contribution is 6.31. The van der Waals surface area contributed by atoms with Crippen molar-refractivity contribution in [1.82, 2.24) is 15.0 Å². The Hall–Kier alpha value is -2.37. The molecule has 0 spiro atoms. The Morgan fingerprint density at radius 3 is 2.75 bits per heavy atom. The van der Waals surface area contributed by atoms with Crippen LogP contribution in [0.15, 0.2) is 59.1 Å². The molecular weight excluding hydrogens is 397 g/mol. The van der Waals surface area contributed by atoms with Crippen molar-refractivity contribution in [3.8, 4) is 11.4 Å². The third-order valence-corrected chi connectivity index (χ3v) is 5.58. The number of amides is 1. The van der Waals surface area contributed by atoms with Gasteiger partial charge in [0, 0.05) is 17.1 Å². The average molecular weight is 416 g/mol. The van der Waals surface area contributed by atoms with Crippen LogP contribution in [-0.2, 0) is 4.79 Å². The van der Waals surface area contributed by atoms with Crippen LogP contribution in [0.4, 0.5) is 0 Å². The first-order chi connectivity index (χ1) is 13.6. The lowest BCUT2D eigenvalue weighted by Gasteiger charge is -2.34. The summed E-state index contributed by atoms with van der Waals surface area (Å²) in [6.45, 7) is 0.619. The van der Waals surface area contributed by atoms with Crippen LogP contribution < -0.4 is 0 Å². The fraction of sp³-hybridized carbons (Fsp3) is 0.286. The molecule has 1 fully saturated rings. The van der Waals surface area contributed by atoms with E-state index in [4.69, 9.17) is 27.7 Å². The Balaban J connectivity index is 1.58. The standard InChI is InChI=1S/C21H19Cl2N3O2/c22-16-10-6-9-15(13-16)19-24-20(28-25-19)17-11-4-5-12-26(17)21(27)18(23)14-7-2-1-3-8-14/h1-3,6-10,13,17-18H,4-5,11-12H2/t17-,18-/m0/s1. The molecule has 0 aliphatic carbocycles. The van der Waals surface area contributed by atoms with Crippen molar-refractivity contribution in [2.24, 2.45) is 0 Å². The van der Waals surface area contributed by atoms with Crippen molar-refractivity contribution in [1.29, 1.82) is 0 Å². The summed E-state index contributed by atoms with van der Waals surface area (Å²) in [5.41, 5.74) is 1.55. The van der Waals surface area contributed by atoms with E-state index >= 15 is 0 Å². The number of aromatic nitrogens is 2. The summed E-state index contributed by atoms with van der Waals surface area (Å²) in [4.78, 5) is 19.4. The molecule has 28 heavy (non-hydrogen) atoms. The first-order valence-electron chi connectivity index (χ1n) is 9.22. The normalized spacial score (nSPS) is 18.1. The summed E-state index contributed by atoms with van der Waals surface area (Å²) in [5.74, 6) is 0.751. The van der Waals surface area contributed by atoms with Gasteiger partial charge >= 0.3 is 0 Å². The van der Waals surface area contributed by atoms with Gasteiger partial charge in [0.2, 0.25) is 17.6 Å². The van der Waals surface area contributed by atoms with E-state index in [0.717, 1.165) is 30.4 Å². The van der Waals surface area contributed by atoms with Gasteiger partial charge < -0.3 is 9.42 Å². The molecule has 0 bridgehead atoms. The van der Waals surface area contributed by atoms with Crippen LogP contribution in [-0.4, -0.2) is 27.5 Å². The minimum Gasteiger partial charge on any atom is -0.337 e.